The maximum atomic E-state index is 10.6. The van der Waals surface area contributed by atoms with Crippen LogP contribution in [0.2, 0.25) is 25.7 Å². The fourth-order valence-corrected chi connectivity index (χ4v) is 3.76. The molecule has 1 fully saturated rings. The van der Waals surface area contributed by atoms with Crippen molar-refractivity contribution in [1.82, 2.24) is 0 Å². The predicted octanol–water partition coefficient (Wildman–Crippen LogP) is 2.67. The normalized spacial score (nSPS) is 29.0. The first-order chi connectivity index (χ1) is 12.9. The van der Waals surface area contributed by atoms with Crippen molar-refractivity contribution in [3.8, 4) is 0 Å². The van der Waals surface area contributed by atoms with Crippen LogP contribution in [0.4, 0.5) is 0 Å². The summed E-state index contributed by atoms with van der Waals surface area (Å²) in [6.45, 7) is 8.21. The Morgan fingerprint density at radius 2 is 1.70 bits per heavy atom. The van der Waals surface area contributed by atoms with Crippen molar-refractivity contribution in [3.63, 3.8) is 0 Å². The minimum absolute atomic E-state index is 0.250. The molecule has 154 valence electrons. The number of rotatable bonds is 10. The zero-order valence-electron chi connectivity index (χ0n) is 17.1. The third kappa shape index (κ3) is 6.94. The van der Waals surface area contributed by atoms with E-state index < -0.39 is 38.8 Å². The van der Waals surface area contributed by atoms with Gasteiger partial charge in [-0.2, -0.15) is 0 Å². The molecule has 27 heavy (non-hydrogen) atoms. The number of hydrogen-bond donors (Lipinski definition) is 1. The first-order valence-electron chi connectivity index (χ1n) is 9.48. The van der Waals surface area contributed by atoms with Crippen molar-refractivity contribution < 1.29 is 28.8 Å². The fraction of sp³-hybridized carbons (Fsp3) is 0.700. The Morgan fingerprint density at radius 1 is 1.04 bits per heavy atom. The van der Waals surface area contributed by atoms with Crippen molar-refractivity contribution >= 4 is 8.07 Å². The van der Waals surface area contributed by atoms with E-state index in [1.807, 2.05) is 30.3 Å². The Morgan fingerprint density at radius 3 is 2.30 bits per heavy atom. The van der Waals surface area contributed by atoms with Crippen LogP contribution >= 0.6 is 0 Å². The van der Waals surface area contributed by atoms with Gasteiger partial charge in [0.2, 0.25) is 0 Å². The highest BCUT2D eigenvalue weighted by Crippen LogP contribution is 2.27. The first kappa shape index (κ1) is 22.5. The lowest BCUT2D eigenvalue weighted by Gasteiger charge is -2.43. The number of methoxy groups -OCH3 is 2. The highest BCUT2D eigenvalue weighted by Gasteiger charge is 2.46. The molecule has 0 aliphatic carbocycles. The monoisotopic (exact) mass is 398 g/mol. The lowest BCUT2D eigenvalue weighted by Crippen LogP contribution is -2.60. The SMILES string of the molecule is CO[C@H]1[C@H](O)[C@@H](COCc2ccccc2)OC(OCC[Si](C)(C)C)[C@@H]1OC. The van der Waals surface area contributed by atoms with Crippen molar-refractivity contribution in [2.24, 2.45) is 0 Å². The van der Waals surface area contributed by atoms with Gasteiger partial charge in [-0.05, 0) is 11.6 Å². The lowest BCUT2D eigenvalue weighted by atomic mass is 9.99. The van der Waals surface area contributed by atoms with Crippen LogP contribution in [0.5, 0.6) is 0 Å². The molecule has 2 rings (SSSR count). The van der Waals surface area contributed by atoms with Crippen LogP contribution in [0.15, 0.2) is 30.3 Å². The minimum Gasteiger partial charge on any atom is -0.387 e. The van der Waals surface area contributed by atoms with Gasteiger partial charge in [-0.25, -0.2) is 0 Å². The average molecular weight is 399 g/mol. The van der Waals surface area contributed by atoms with Crippen molar-refractivity contribution in [2.45, 2.75) is 63.0 Å². The second-order valence-corrected chi connectivity index (χ2v) is 13.7. The number of aliphatic hydroxyl groups is 1. The molecule has 0 saturated carbocycles. The van der Waals surface area contributed by atoms with Gasteiger partial charge < -0.3 is 28.8 Å². The van der Waals surface area contributed by atoms with Gasteiger partial charge in [0.15, 0.2) is 6.29 Å². The number of aliphatic hydroxyl groups excluding tert-OH is 1. The predicted molar refractivity (Wildman–Crippen MR) is 106 cm³/mol. The van der Waals surface area contributed by atoms with E-state index in [-0.39, 0.29) is 6.61 Å². The largest absolute Gasteiger partial charge is 0.387 e. The first-order valence-corrected chi connectivity index (χ1v) is 13.2. The summed E-state index contributed by atoms with van der Waals surface area (Å²) in [6, 6.07) is 10.9. The Hall–Kier alpha value is -0.803. The van der Waals surface area contributed by atoms with Crippen LogP contribution in [0.25, 0.3) is 0 Å². The van der Waals surface area contributed by atoms with E-state index in [0.29, 0.717) is 13.2 Å². The summed E-state index contributed by atoms with van der Waals surface area (Å²) in [5.41, 5.74) is 1.07. The van der Waals surface area contributed by atoms with Crippen molar-refractivity contribution in [3.05, 3.63) is 35.9 Å². The van der Waals surface area contributed by atoms with E-state index in [1.165, 1.54) is 0 Å². The Labute approximate surface area is 163 Å². The maximum absolute atomic E-state index is 10.6. The fourth-order valence-electron chi connectivity index (χ4n) is 3.03. The van der Waals surface area contributed by atoms with E-state index >= 15 is 0 Å². The Bertz CT molecular complexity index is 535. The molecule has 0 radical (unpaired) electrons. The van der Waals surface area contributed by atoms with Crippen LogP contribution in [0.1, 0.15) is 5.56 Å². The minimum atomic E-state index is -1.21. The summed E-state index contributed by atoms with van der Waals surface area (Å²) in [6.07, 6.45) is -3.01. The lowest BCUT2D eigenvalue weighted by molar-refractivity contribution is -0.310. The van der Waals surface area contributed by atoms with Crippen LogP contribution < -0.4 is 0 Å². The molecule has 1 aliphatic rings. The smallest absolute Gasteiger partial charge is 0.186 e. The summed E-state index contributed by atoms with van der Waals surface area (Å²) in [7, 11) is 1.92. The Balaban J connectivity index is 1.94. The van der Waals surface area contributed by atoms with Crippen LogP contribution in [-0.2, 0) is 30.3 Å². The molecule has 7 heteroatoms. The van der Waals surface area contributed by atoms with Crippen LogP contribution in [-0.4, -0.2) is 71.3 Å². The van der Waals surface area contributed by atoms with E-state index in [9.17, 15) is 5.11 Å². The van der Waals surface area contributed by atoms with Gasteiger partial charge in [0.25, 0.3) is 0 Å². The number of benzene rings is 1. The highest BCUT2D eigenvalue weighted by molar-refractivity contribution is 6.76. The summed E-state index contributed by atoms with van der Waals surface area (Å²) in [4.78, 5) is 0. The van der Waals surface area contributed by atoms with Crippen molar-refractivity contribution in [1.29, 1.82) is 0 Å². The topological polar surface area (TPSA) is 66.4 Å². The average Bonchev–Trinajstić information content (AvgIpc) is 2.63. The zero-order valence-corrected chi connectivity index (χ0v) is 18.1. The summed E-state index contributed by atoms with van der Waals surface area (Å²) in [5.74, 6) is 0. The molecule has 5 atom stereocenters. The molecule has 0 bridgehead atoms. The summed E-state index contributed by atoms with van der Waals surface area (Å²) < 4.78 is 28.8. The van der Waals surface area contributed by atoms with E-state index in [1.54, 1.807) is 14.2 Å². The molecule has 1 unspecified atom stereocenters. The van der Waals surface area contributed by atoms with Crippen LogP contribution in [0, 0.1) is 0 Å². The molecule has 1 N–H and O–H groups in total. The highest BCUT2D eigenvalue weighted by atomic mass is 28.3. The molecule has 1 aromatic rings. The molecular formula is C20H34O6Si. The quantitative estimate of drug-likeness (QED) is 0.611. The van der Waals surface area contributed by atoms with Gasteiger partial charge in [-0.1, -0.05) is 50.0 Å². The van der Waals surface area contributed by atoms with E-state index in [4.69, 9.17) is 23.7 Å². The molecule has 6 nitrogen and oxygen atoms in total. The Kier molecular flexibility index (Phi) is 8.88. The summed E-state index contributed by atoms with van der Waals surface area (Å²) in [5, 5.41) is 10.6. The van der Waals surface area contributed by atoms with Crippen molar-refractivity contribution in [2.75, 3.05) is 27.4 Å². The van der Waals surface area contributed by atoms with E-state index in [2.05, 4.69) is 19.6 Å². The molecule has 1 heterocycles. The number of ether oxygens (including phenoxy) is 5. The van der Waals surface area contributed by atoms with Gasteiger partial charge >= 0.3 is 0 Å². The van der Waals surface area contributed by atoms with Gasteiger partial charge in [-0.3, -0.25) is 0 Å². The second-order valence-electron chi connectivity index (χ2n) is 8.12. The zero-order chi connectivity index (χ0) is 19.9. The third-order valence-corrected chi connectivity index (χ3v) is 6.39. The van der Waals surface area contributed by atoms with Crippen LogP contribution in [0.3, 0.4) is 0 Å². The third-order valence-electron chi connectivity index (χ3n) is 4.69. The van der Waals surface area contributed by atoms with E-state index in [0.717, 1.165) is 11.6 Å². The molecule has 0 spiro atoms. The molecule has 1 saturated heterocycles. The molecule has 0 aromatic heterocycles. The van der Waals surface area contributed by atoms with Gasteiger partial charge in [0, 0.05) is 28.9 Å². The second kappa shape index (κ2) is 10.7. The molecular weight excluding hydrogens is 364 g/mol. The standard InChI is InChI=1S/C20H34O6Si/c1-22-18-17(21)16(14-24-13-15-9-7-6-8-10-15)26-20(19(18)23-2)25-11-12-27(3,4)5/h6-10,16-21H,11-14H2,1-5H3/t16-,17-,18+,19-,20?/m1/s1. The molecule has 1 aromatic carbocycles. The van der Waals surface area contributed by atoms with Gasteiger partial charge in [-0.15, -0.1) is 0 Å². The summed E-state index contributed by atoms with van der Waals surface area (Å²) >= 11 is 0. The van der Waals surface area contributed by atoms with Gasteiger partial charge in [0.05, 0.1) is 13.2 Å². The maximum Gasteiger partial charge on any atom is 0.186 e. The van der Waals surface area contributed by atoms with Gasteiger partial charge in [0.1, 0.15) is 24.4 Å². The molecule has 1 aliphatic heterocycles. The molecule has 0 amide bonds. The number of hydrogen-bond acceptors (Lipinski definition) is 6.